The van der Waals surface area contributed by atoms with E-state index < -0.39 is 0 Å². The van der Waals surface area contributed by atoms with Crippen LogP contribution >= 0.6 is 0 Å². The lowest BCUT2D eigenvalue weighted by Crippen LogP contribution is -2.32. The second-order valence-corrected chi connectivity index (χ2v) is 18.3. The minimum Gasteiger partial charge on any atom is -0.388 e. The van der Waals surface area contributed by atoms with Crippen LogP contribution in [0.3, 0.4) is 0 Å². The maximum Gasteiger partial charge on any atom is 0.0655 e. The molecule has 414 valence electrons. The van der Waals surface area contributed by atoms with E-state index >= 15 is 0 Å². The highest BCUT2D eigenvalue weighted by Crippen LogP contribution is 2.37. The van der Waals surface area contributed by atoms with Gasteiger partial charge in [-0.2, -0.15) is 0 Å². The van der Waals surface area contributed by atoms with Gasteiger partial charge in [0.25, 0.3) is 0 Å². The second kappa shape index (κ2) is 34.0. The van der Waals surface area contributed by atoms with E-state index in [1.165, 1.54) is 83.3 Å². The number of hydrogen-bond acceptors (Lipinski definition) is 4. The van der Waals surface area contributed by atoms with Crippen molar-refractivity contribution in [2.75, 3.05) is 30.9 Å². The molecule has 1 unspecified atom stereocenters. The molecule has 0 saturated heterocycles. The first kappa shape index (κ1) is 62.7. The molecule has 1 aliphatic rings. The number of para-hydroxylation sites is 3. The summed E-state index contributed by atoms with van der Waals surface area (Å²) in [6.45, 7) is 32.2. The molecule has 0 spiro atoms. The predicted octanol–water partition coefficient (Wildman–Crippen LogP) is 20.8. The van der Waals surface area contributed by atoms with E-state index in [0.717, 1.165) is 35.6 Å². The summed E-state index contributed by atoms with van der Waals surface area (Å²) in [4.78, 5) is 0. The van der Waals surface area contributed by atoms with Crippen molar-refractivity contribution in [3.05, 3.63) is 298 Å². The van der Waals surface area contributed by atoms with E-state index in [0.29, 0.717) is 0 Å². The molecule has 0 radical (unpaired) electrons. The number of hydrogen-bond donors (Lipinski definition) is 4. The summed E-state index contributed by atoms with van der Waals surface area (Å²) in [7, 11) is 1.95. The monoisotopic (exact) mass is 1070 g/mol. The Kier molecular flexibility index (Phi) is 26.3. The lowest BCUT2D eigenvalue weighted by molar-refractivity contribution is 0.564. The first-order valence-electron chi connectivity index (χ1n) is 28.4. The average Bonchev–Trinajstić information content (AvgIpc) is 3.88. The van der Waals surface area contributed by atoms with Crippen LogP contribution in [0, 0.1) is 6.92 Å². The number of fused-ring (bicyclic) bond motifs is 3. The number of aromatic nitrogens is 1. The Bertz CT molecular complexity index is 3550. The summed E-state index contributed by atoms with van der Waals surface area (Å²) in [5.74, 6) is 0. The zero-order chi connectivity index (χ0) is 58.4. The third kappa shape index (κ3) is 16.9. The molecule has 10 rings (SSSR count). The normalized spacial score (nSPS) is 12.5. The zero-order valence-electron chi connectivity index (χ0n) is 49.4. The quantitative estimate of drug-likeness (QED) is 0.0648. The number of aryl methyl sites for hydroxylation is 1. The van der Waals surface area contributed by atoms with Gasteiger partial charge < -0.3 is 20.5 Å². The molecular weight excluding hydrogens is 983 g/mol. The third-order valence-corrected chi connectivity index (χ3v) is 13.4. The summed E-state index contributed by atoms with van der Waals surface area (Å²) >= 11 is 0. The van der Waals surface area contributed by atoms with Crippen molar-refractivity contribution in [2.45, 2.75) is 61.4 Å². The number of anilines is 2. The summed E-state index contributed by atoms with van der Waals surface area (Å²) in [5.41, 5.74) is 20.1. The van der Waals surface area contributed by atoms with E-state index in [-0.39, 0.29) is 6.04 Å². The van der Waals surface area contributed by atoms with Crippen LogP contribution in [0.15, 0.2) is 275 Å². The van der Waals surface area contributed by atoms with Crippen LogP contribution in [0.4, 0.5) is 11.4 Å². The van der Waals surface area contributed by atoms with Gasteiger partial charge in [-0.05, 0) is 174 Å². The van der Waals surface area contributed by atoms with Gasteiger partial charge in [-0.25, -0.2) is 0 Å². The lowest BCUT2D eigenvalue weighted by atomic mass is 9.92. The molecular formula is C76H85N5. The minimum atomic E-state index is 0.229. The Balaban J connectivity index is 0.000000232. The van der Waals surface area contributed by atoms with Gasteiger partial charge in [0.1, 0.15) is 0 Å². The molecule has 4 N–H and O–H groups in total. The number of nitrogens with one attached hydrogen (secondary N) is 4. The third-order valence-electron chi connectivity index (χ3n) is 13.4. The number of benzene rings is 8. The van der Waals surface area contributed by atoms with Gasteiger partial charge in [0.05, 0.1) is 23.7 Å². The first-order valence-corrected chi connectivity index (χ1v) is 28.4. The number of allylic oxidation sites excluding steroid dienone is 9. The van der Waals surface area contributed by atoms with Gasteiger partial charge in [0.2, 0.25) is 0 Å². The molecule has 5 nitrogen and oxygen atoms in total. The largest absolute Gasteiger partial charge is 0.388 e. The topological polar surface area (TPSA) is 53.1 Å². The van der Waals surface area contributed by atoms with Gasteiger partial charge in [-0.3, -0.25) is 5.32 Å². The maximum absolute atomic E-state index is 4.30. The maximum atomic E-state index is 4.30. The second-order valence-electron chi connectivity index (χ2n) is 18.3. The molecule has 9 aromatic rings. The molecule has 0 bridgehead atoms. The summed E-state index contributed by atoms with van der Waals surface area (Å²) in [6, 6.07) is 67.2. The fraction of sp³-hybridized carbons (Fsp3) is 0.158. The standard InChI is InChI=1S/C32H28N2.C27H26N2.C11H15N.2C2H6.C2H4/c1-4-5-7-12-23(2)28-21-24(17-19-30(28)33-3)25-18-20-32-29(22-25)27-15-10-11-16-31(27)34(32)26-13-8-6-9-14-26;1-3-20(4-2)24-16-25(21-9-6-5-7-10-21)18-26(17-24)22-11-8-12-23(15-22)27-13-14-28-19-29-27;1-3-4-9-12-11-8-6-5-7-10(11)2;3*1-2/h4-22,33H,2H2,1,3H3;3-18,27-29H,1,19H2,2H3;3-8,12H,9H2,1-2H3;2*1-2H3;1-2H2/b5-4-,12-7-;20-4+;4-3-;;;. The highest BCUT2D eigenvalue weighted by molar-refractivity contribution is 6.10. The van der Waals surface area contributed by atoms with Crippen LogP contribution in [-0.2, 0) is 0 Å². The molecule has 81 heavy (non-hydrogen) atoms. The van der Waals surface area contributed by atoms with Crippen molar-refractivity contribution in [3.8, 4) is 39.1 Å². The first-order chi connectivity index (χ1) is 39.8. The van der Waals surface area contributed by atoms with Gasteiger partial charge in [0.15, 0.2) is 0 Å². The van der Waals surface area contributed by atoms with Crippen molar-refractivity contribution < 1.29 is 0 Å². The van der Waals surface area contributed by atoms with Gasteiger partial charge >= 0.3 is 0 Å². The molecule has 5 heteroatoms. The van der Waals surface area contributed by atoms with Crippen LogP contribution in [0.25, 0.3) is 72.0 Å². The van der Waals surface area contributed by atoms with Gasteiger partial charge in [-0.1, -0.05) is 205 Å². The average molecular weight is 1070 g/mol. The highest BCUT2D eigenvalue weighted by Gasteiger charge is 2.15. The molecule has 0 saturated carbocycles. The van der Waals surface area contributed by atoms with Crippen LogP contribution in [0.1, 0.15) is 76.8 Å². The van der Waals surface area contributed by atoms with Gasteiger partial charge in [-0.15, -0.1) is 13.2 Å². The van der Waals surface area contributed by atoms with Crippen LogP contribution < -0.4 is 21.3 Å². The van der Waals surface area contributed by atoms with E-state index in [1.54, 1.807) is 0 Å². The molecule has 1 aliphatic heterocycles. The number of nitrogens with zero attached hydrogens (tertiary/aromatic N) is 1. The van der Waals surface area contributed by atoms with E-state index in [1.807, 2.05) is 91.2 Å². The van der Waals surface area contributed by atoms with Crippen molar-refractivity contribution in [2.24, 2.45) is 0 Å². The van der Waals surface area contributed by atoms with E-state index in [4.69, 9.17) is 0 Å². The van der Waals surface area contributed by atoms with Crippen LogP contribution in [0.5, 0.6) is 0 Å². The van der Waals surface area contributed by atoms with Crippen molar-refractivity contribution in [1.82, 2.24) is 15.2 Å². The molecule has 0 amide bonds. The molecule has 0 aliphatic carbocycles. The smallest absolute Gasteiger partial charge is 0.0655 e. The van der Waals surface area contributed by atoms with Crippen LogP contribution in [0.2, 0.25) is 0 Å². The molecule has 0 fully saturated rings. The van der Waals surface area contributed by atoms with Crippen molar-refractivity contribution >= 4 is 44.3 Å². The minimum absolute atomic E-state index is 0.229. The molecule has 1 atom stereocenters. The summed E-state index contributed by atoms with van der Waals surface area (Å²) < 4.78 is 2.35. The number of rotatable bonds is 14. The summed E-state index contributed by atoms with van der Waals surface area (Å²) in [6.07, 6.45) is 20.5. The predicted molar refractivity (Wildman–Crippen MR) is 361 cm³/mol. The van der Waals surface area contributed by atoms with Gasteiger partial charge in [0, 0.05) is 47.0 Å². The highest BCUT2D eigenvalue weighted by atomic mass is 15.1. The Morgan fingerprint density at radius 2 is 1.23 bits per heavy atom. The molecule has 2 heterocycles. The molecule has 1 aromatic heterocycles. The van der Waals surface area contributed by atoms with Crippen LogP contribution in [-0.4, -0.2) is 24.8 Å². The Morgan fingerprint density at radius 1 is 0.605 bits per heavy atom. The Labute approximate surface area is 485 Å². The van der Waals surface area contributed by atoms with E-state index in [9.17, 15) is 0 Å². The fourth-order valence-corrected chi connectivity index (χ4v) is 9.41. The Hall–Kier alpha value is -9.16. The summed E-state index contributed by atoms with van der Waals surface area (Å²) in [5, 5.41) is 15.8. The molecule has 8 aromatic carbocycles. The fourth-order valence-electron chi connectivity index (χ4n) is 9.41. The van der Waals surface area contributed by atoms with Crippen molar-refractivity contribution in [1.29, 1.82) is 0 Å². The SMILES string of the molecule is C/C=C\CNc1ccccc1C.C=C.C=C(/C=C\C=C/C)c1cc(-c2ccc3c(c2)c2ccccc2n3-c2ccccc2)ccc1NC.C=C/C(=C\C)c1cc(-c2ccccc2)cc(-c2cccc(C3C=CNCN3)c2)c1.CC.CC. The van der Waals surface area contributed by atoms with Crippen molar-refractivity contribution in [3.63, 3.8) is 0 Å². The zero-order valence-corrected chi connectivity index (χ0v) is 49.4. The van der Waals surface area contributed by atoms with E-state index in [2.05, 4.69) is 272 Å². The lowest BCUT2D eigenvalue weighted by Gasteiger charge is -2.20. The Morgan fingerprint density at radius 3 is 1.90 bits per heavy atom.